The van der Waals surface area contributed by atoms with E-state index in [1.807, 2.05) is 32.9 Å². The Hall–Kier alpha value is -2.08. The summed E-state index contributed by atoms with van der Waals surface area (Å²) in [6.45, 7) is 5.86. The van der Waals surface area contributed by atoms with E-state index >= 15 is 0 Å². The molecular weight excluding hydrogens is 238 g/mol. The SMILES string of the molecule is C#CCN1C(=O)C(C)c2cc(C(=O)C(C)C)ccc21. The number of carbonyl (C=O) groups excluding carboxylic acids is 2. The van der Waals surface area contributed by atoms with E-state index in [2.05, 4.69) is 5.92 Å². The lowest BCUT2D eigenvalue weighted by atomic mass is 9.95. The quantitative estimate of drug-likeness (QED) is 0.615. The standard InChI is InChI=1S/C16H17NO2/c1-5-8-17-14-7-6-12(15(18)10(2)3)9-13(14)11(4)16(17)19/h1,6-7,9-11H,8H2,2-4H3. The monoisotopic (exact) mass is 255 g/mol. The Kier molecular flexibility index (Phi) is 3.44. The van der Waals surface area contributed by atoms with Crippen LogP contribution in [0, 0.1) is 18.3 Å². The Morgan fingerprint density at radius 2 is 2.16 bits per heavy atom. The minimum Gasteiger partial charge on any atom is -0.300 e. The molecule has 0 fully saturated rings. The fourth-order valence-electron chi connectivity index (χ4n) is 2.37. The summed E-state index contributed by atoms with van der Waals surface area (Å²) >= 11 is 0. The normalized spacial score (nSPS) is 17.5. The first-order valence-corrected chi connectivity index (χ1v) is 6.40. The number of ketones is 1. The van der Waals surface area contributed by atoms with Gasteiger partial charge in [0.05, 0.1) is 12.5 Å². The minimum absolute atomic E-state index is 0.00194. The second kappa shape index (κ2) is 4.89. The Balaban J connectivity index is 2.45. The average molecular weight is 255 g/mol. The summed E-state index contributed by atoms with van der Waals surface area (Å²) in [4.78, 5) is 25.7. The van der Waals surface area contributed by atoms with Crippen LogP contribution in [0.25, 0.3) is 0 Å². The topological polar surface area (TPSA) is 37.4 Å². The Morgan fingerprint density at radius 1 is 1.47 bits per heavy atom. The molecule has 0 saturated carbocycles. The molecular formula is C16H17NO2. The number of fused-ring (bicyclic) bond motifs is 1. The zero-order valence-electron chi connectivity index (χ0n) is 11.4. The number of anilines is 1. The van der Waals surface area contributed by atoms with E-state index in [1.165, 1.54) is 0 Å². The molecule has 1 aliphatic heterocycles. The fraction of sp³-hybridized carbons (Fsp3) is 0.375. The van der Waals surface area contributed by atoms with Crippen LogP contribution in [0.4, 0.5) is 5.69 Å². The number of terminal acetylenes is 1. The number of hydrogen-bond donors (Lipinski definition) is 0. The maximum Gasteiger partial charge on any atom is 0.235 e. The van der Waals surface area contributed by atoms with Crippen LogP contribution in [0.1, 0.15) is 42.6 Å². The second-order valence-electron chi connectivity index (χ2n) is 5.14. The Morgan fingerprint density at radius 3 is 2.74 bits per heavy atom. The van der Waals surface area contributed by atoms with Crippen molar-refractivity contribution >= 4 is 17.4 Å². The van der Waals surface area contributed by atoms with Gasteiger partial charge >= 0.3 is 0 Å². The van der Waals surface area contributed by atoms with Crippen LogP contribution in [0.15, 0.2) is 18.2 Å². The minimum atomic E-state index is -0.233. The maximum atomic E-state index is 12.1. The number of nitrogens with zero attached hydrogens (tertiary/aromatic N) is 1. The number of carbonyl (C=O) groups is 2. The fourth-order valence-corrected chi connectivity index (χ4v) is 2.37. The summed E-state index contributed by atoms with van der Waals surface area (Å²) < 4.78 is 0. The van der Waals surface area contributed by atoms with Crippen LogP contribution in [-0.2, 0) is 4.79 Å². The van der Waals surface area contributed by atoms with Gasteiger partial charge in [0.2, 0.25) is 5.91 Å². The molecule has 1 unspecified atom stereocenters. The predicted molar refractivity (Wildman–Crippen MR) is 75.2 cm³/mol. The third kappa shape index (κ3) is 2.15. The van der Waals surface area contributed by atoms with E-state index in [0.29, 0.717) is 5.56 Å². The van der Waals surface area contributed by atoms with Gasteiger partial charge < -0.3 is 0 Å². The smallest absolute Gasteiger partial charge is 0.235 e. The van der Waals surface area contributed by atoms with Gasteiger partial charge in [-0.25, -0.2) is 0 Å². The van der Waals surface area contributed by atoms with E-state index < -0.39 is 0 Å². The predicted octanol–water partition coefficient (Wildman–Crippen LogP) is 2.61. The van der Waals surface area contributed by atoms with Crippen molar-refractivity contribution in [2.75, 3.05) is 11.4 Å². The molecule has 19 heavy (non-hydrogen) atoms. The molecule has 0 radical (unpaired) electrons. The molecule has 1 aromatic carbocycles. The molecule has 0 spiro atoms. The third-order valence-corrected chi connectivity index (χ3v) is 3.48. The number of Topliss-reactive ketones (excluding diaryl/α,β-unsaturated/α-hetero) is 1. The van der Waals surface area contributed by atoms with E-state index in [0.717, 1.165) is 11.3 Å². The molecule has 0 saturated heterocycles. The Labute approximate surface area is 113 Å². The molecule has 0 N–H and O–H groups in total. The maximum absolute atomic E-state index is 12.1. The van der Waals surface area contributed by atoms with Crippen molar-refractivity contribution in [2.45, 2.75) is 26.7 Å². The molecule has 3 heteroatoms. The summed E-state index contributed by atoms with van der Waals surface area (Å²) in [6, 6.07) is 5.43. The van der Waals surface area contributed by atoms with Crippen molar-refractivity contribution in [3.05, 3.63) is 29.3 Å². The lowest BCUT2D eigenvalue weighted by Crippen LogP contribution is -2.28. The van der Waals surface area contributed by atoms with Gasteiger partial charge in [0.25, 0.3) is 0 Å². The van der Waals surface area contributed by atoms with Gasteiger partial charge in [-0.15, -0.1) is 6.42 Å². The summed E-state index contributed by atoms with van der Waals surface area (Å²) in [7, 11) is 0. The number of amides is 1. The van der Waals surface area contributed by atoms with Crippen molar-refractivity contribution in [1.82, 2.24) is 0 Å². The molecule has 1 amide bonds. The third-order valence-electron chi connectivity index (χ3n) is 3.48. The molecule has 1 aromatic rings. The van der Waals surface area contributed by atoms with Crippen LogP contribution >= 0.6 is 0 Å². The van der Waals surface area contributed by atoms with Crippen LogP contribution in [-0.4, -0.2) is 18.2 Å². The molecule has 98 valence electrons. The molecule has 0 aromatic heterocycles. The highest BCUT2D eigenvalue weighted by Gasteiger charge is 2.34. The van der Waals surface area contributed by atoms with Crippen molar-refractivity contribution in [3.63, 3.8) is 0 Å². The zero-order chi connectivity index (χ0) is 14.2. The first-order valence-electron chi connectivity index (χ1n) is 6.40. The zero-order valence-corrected chi connectivity index (χ0v) is 11.4. The molecule has 1 atom stereocenters. The van der Waals surface area contributed by atoms with E-state index in [9.17, 15) is 9.59 Å². The summed E-state index contributed by atoms with van der Waals surface area (Å²) in [5, 5.41) is 0. The van der Waals surface area contributed by atoms with E-state index in [4.69, 9.17) is 6.42 Å². The lowest BCUT2D eigenvalue weighted by molar-refractivity contribution is -0.118. The molecule has 3 nitrogen and oxygen atoms in total. The van der Waals surface area contributed by atoms with Crippen molar-refractivity contribution in [2.24, 2.45) is 5.92 Å². The second-order valence-corrected chi connectivity index (χ2v) is 5.14. The highest BCUT2D eigenvalue weighted by Crippen LogP contribution is 2.37. The first-order chi connectivity index (χ1) is 8.97. The van der Waals surface area contributed by atoms with Gasteiger partial charge in [-0.05, 0) is 30.7 Å². The van der Waals surface area contributed by atoms with Gasteiger partial charge in [0.15, 0.2) is 5.78 Å². The average Bonchev–Trinajstić information content (AvgIpc) is 2.63. The van der Waals surface area contributed by atoms with Crippen LogP contribution in [0.5, 0.6) is 0 Å². The summed E-state index contributed by atoms with van der Waals surface area (Å²) in [6.07, 6.45) is 5.29. The van der Waals surface area contributed by atoms with Crippen molar-refractivity contribution < 1.29 is 9.59 Å². The summed E-state index contributed by atoms with van der Waals surface area (Å²) in [5.41, 5.74) is 2.39. The first kappa shape index (κ1) is 13.4. The summed E-state index contributed by atoms with van der Waals surface area (Å²) in [5.74, 6) is 2.31. The van der Waals surface area contributed by atoms with Crippen molar-refractivity contribution in [3.8, 4) is 12.3 Å². The number of hydrogen-bond acceptors (Lipinski definition) is 2. The van der Waals surface area contributed by atoms with Crippen LogP contribution in [0.3, 0.4) is 0 Å². The van der Waals surface area contributed by atoms with Crippen molar-refractivity contribution in [1.29, 1.82) is 0 Å². The van der Waals surface area contributed by atoms with Gasteiger partial charge in [-0.2, -0.15) is 0 Å². The molecule has 0 bridgehead atoms. The molecule has 1 aliphatic rings. The van der Waals surface area contributed by atoms with Gasteiger partial charge in [0.1, 0.15) is 0 Å². The molecule has 0 aliphatic carbocycles. The van der Waals surface area contributed by atoms with E-state index in [-0.39, 0.29) is 30.1 Å². The highest BCUT2D eigenvalue weighted by atomic mass is 16.2. The van der Waals surface area contributed by atoms with Gasteiger partial charge in [-0.1, -0.05) is 19.8 Å². The largest absolute Gasteiger partial charge is 0.300 e. The number of rotatable bonds is 3. The lowest BCUT2D eigenvalue weighted by Gasteiger charge is -2.14. The molecule has 1 heterocycles. The highest BCUT2D eigenvalue weighted by molar-refractivity contribution is 6.06. The Bertz CT molecular complexity index is 581. The van der Waals surface area contributed by atoms with Gasteiger partial charge in [0, 0.05) is 17.2 Å². The van der Waals surface area contributed by atoms with Crippen LogP contribution in [0.2, 0.25) is 0 Å². The number of benzene rings is 1. The van der Waals surface area contributed by atoms with Crippen LogP contribution < -0.4 is 4.90 Å². The van der Waals surface area contributed by atoms with Gasteiger partial charge in [-0.3, -0.25) is 14.5 Å². The molecule has 2 rings (SSSR count). The van der Waals surface area contributed by atoms with E-state index in [1.54, 1.807) is 11.0 Å².